The van der Waals surface area contributed by atoms with Gasteiger partial charge < -0.3 is 5.11 Å². The van der Waals surface area contributed by atoms with E-state index >= 15 is 0 Å². The number of piperidine rings is 1. The van der Waals surface area contributed by atoms with Crippen molar-refractivity contribution in [2.75, 3.05) is 13.1 Å². The SMILES string of the molecule is O=C(O)C1CCCN(S(=O)(=O)c2ccc(F)c(Br)c2)C1. The van der Waals surface area contributed by atoms with E-state index < -0.39 is 27.7 Å². The van der Waals surface area contributed by atoms with Crippen LogP contribution in [0.4, 0.5) is 4.39 Å². The molecule has 2 rings (SSSR count). The third-order valence-electron chi connectivity index (χ3n) is 3.26. The summed E-state index contributed by atoms with van der Waals surface area (Å²) in [6, 6.07) is 3.43. The highest BCUT2D eigenvalue weighted by Gasteiger charge is 2.33. The minimum absolute atomic E-state index is 0.0446. The average Bonchev–Trinajstić information content (AvgIpc) is 2.42. The normalized spacial score (nSPS) is 20.8. The molecule has 8 heteroatoms. The van der Waals surface area contributed by atoms with Crippen molar-refractivity contribution in [1.82, 2.24) is 4.31 Å². The molecule has 0 bridgehead atoms. The first-order chi connectivity index (χ1) is 9.32. The van der Waals surface area contributed by atoms with Crippen LogP contribution in [0, 0.1) is 11.7 Å². The summed E-state index contributed by atoms with van der Waals surface area (Å²) >= 11 is 2.95. The predicted molar refractivity (Wildman–Crippen MR) is 73.2 cm³/mol. The van der Waals surface area contributed by atoms with Gasteiger partial charge in [-0.25, -0.2) is 12.8 Å². The number of carboxylic acid groups (broad SMARTS) is 1. The standard InChI is InChI=1S/C12H13BrFNO4S/c13-10-6-9(3-4-11(10)14)20(18,19)15-5-1-2-8(7-15)12(16)17/h3-4,6,8H,1-2,5,7H2,(H,16,17). The highest BCUT2D eigenvalue weighted by atomic mass is 79.9. The quantitative estimate of drug-likeness (QED) is 0.889. The zero-order valence-electron chi connectivity index (χ0n) is 10.4. The fraction of sp³-hybridized carbons (Fsp3) is 0.417. The van der Waals surface area contributed by atoms with E-state index in [1.165, 1.54) is 12.1 Å². The van der Waals surface area contributed by atoms with Crippen molar-refractivity contribution in [1.29, 1.82) is 0 Å². The van der Waals surface area contributed by atoms with Crippen molar-refractivity contribution < 1.29 is 22.7 Å². The lowest BCUT2D eigenvalue weighted by Crippen LogP contribution is -2.42. The number of carboxylic acids is 1. The van der Waals surface area contributed by atoms with Crippen LogP contribution in [0.15, 0.2) is 27.6 Å². The van der Waals surface area contributed by atoms with Gasteiger partial charge in [0.2, 0.25) is 10.0 Å². The van der Waals surface area contributed by atoms with E-state index in [9.17, 15) is 17.6 Å². The molecule has 1 saturated heterocycles. The molecule has 0 amide bonds. The summed E-state index contributed by atoms with van der Waals surface area (Å²) in [5.74, 6) is -2.24. The van der Waals surface area contributed by atoms with Gasteiger partial charge in [0.15, 0.2) is 0 Å². The molecule has 1 aromatic carbocycles. The number of aliphatic carboxylic acids is 1. The molecule has 1 aliphatic heterocycles. The maximum atomic E-state index is 13.2. The van der Waals surface area contributed by atoms with Crippen LogP contribution in [0.5, 0.6) is 0 Å². The summed E-state index contributed by atoms with van der Waals surface area (Å²) in [5.41, 5.74) is 0. The van der Waals surface area contributed by atoms with Gasteiger partial charge in [-0.2, -0.15) is 4.31 Å². The molecule has 1 aliphatic rings. The fourth-order valence-corrected chi connectivity index (χ4v) is 4.23. The molecule has 110 valence electrons. The van der Waals surface area contributed by atoms with Crippen LogP contribution in [-0.2, 0) is 14.8 Å². The Morgan fingerprint density at radius 1 is 1.45 bits per heavy atom. The molecule has 1 atom stereocenters. The van der Waals surface area contributed by atoms with Crippen LogP contribution in [0.2, 0.25) is 0 Å². The number of carbonyl (C=O) groups is 1. The van der Waals surface area contributed by atoms with Crippen molar-refractivity contribution in [2.45, 2.75) is 17.7 Å². The van der Waals surface area contributed by atoms with Gasteiger partial charge in [-0.1, -0.05) is 0 Å². The lowest BCUT2D eigenvalue weighted by molar-refractivity contribution is -0.142. The molecule has 1 heterocycles. The van der Waals surface area contributed by atoms with E-state index in [1.54, 1.807) is 0 Å². The van der Waals surface area contributed by atoms with E-state index in [0.29, 0.717) is 12.8 Å². The largest absolute Gasteiger partial charge is 0.481 e. The first kappa shape index (κ1) is 15.4. The maximum absolute atomic E-state index is 13.2. The van der Waals surface area contributed by atoms with Crippen LogP contribution in [-0.4, -0.2) is 36.9 Å². The molecule has 0 aromatic heterocycles. The maximum Gasteiger partial charge on any atom is 0.307 e. The third-order valence-corrected chi connectivity index (χ3v) is 5.73. The smallest absolute Gasteiger partial charge is 0.307 e. The van der Waals surface area contributed by atoms with Gasteiger partial charge in [-0.05, 0) is 47.0 Å². The number of benzene rings is 1. The lowest BCUT2D eigenvalue weighted by Gasteiger charge is -2.29. The molecule has 1 fully saturated rings. The Balaban J connectivity index is 2.29. The monoisotopic (exact) mass is 365 g/mol. The van der Waals surface area contributed by atoms with Gasteiger partial charge in [0.25, 0.3) is 0 Å². The van der Waals surface area contributed by atoms with Crippen LogP contribution < -0.4 is 0 Å². The van der Waals surface area contributed by atoms with E-state index in [1.807, 2.05) is 0 Å². The molecular formula is C12H13BrFNO4S. The highest BCUT2D eigenvalue weighted by molar-refractivity contribution is 9.10. The molecule has 1 aromatic rings. The van der Waals surface area contributed by atoms with Crippen molar-refractivity contribution in [3.8, 4) is 0 Å². The Morgan fingerprint density at radius 2 is 2.15 bits per heavy atom. The van der Waals surface area contributed by atoms with Crippen molar-refractivity contribution >= 4 is 31.9 Å². The van der Waals surface area contributed by atoms with E-state index in [0.717, 1.165) is 10.4 Å². The Labute approximate surface area is 124 Å². The first-order valence-corrected chi connectivity index (χ1v) is 8.23. The molecule has 1 unspecified atom stereocenters. The van der Waals surface area contributed by atoms with Crippen molar-refractivity contribution in [3.05, 3.63) is 28.5 Å². The fourth-order valence-electron chi connectivity index (χ4n) is 2.15. The Hall–Kier alpha value is -0.990. The molecule has 0 spiro atoms. The minimum Gasteiger partial charge on any atom is -0.481 e. The van der Waals surface area contributed by atoms with Gasteiger partial charge in [0.05, 0.1) is 15.3 Å². The molecule has 20 heavy (non-hydrogen) atoms. The summed E-state index contributed by atoms with van der Waals surface area (Å²) in [5, 5.41) is 8.99. The van der Waals surface area contributed by atoms with E-state index in [-0.39, 0.29) is 22.5 Å². The topological polar surface area (TPSA) is 74.7 Å². The van der Waals surface area contributed by atoms with Crippen molar-refractivity contribution in [3.63, 3.8) is 0 Å². The summed E-state index contributed by atoms with van der Waals surface area (Å²) in [7, 11) is -3.79. The Kier molecular flexibility index (Phi) is 4.46. The second-order valence-electron chi connectivity index (χ2n) is 4.62. The summed E-state index contributed by atoms with van der Waals surface area (Å²) in [4.78, 5) is 10.9. The van der Waals surface area contributed by atoms with Crippen LogP contribution >= 0.6 is 15.9 Å². The van der Waals surface area contributed by atoms with Gasteiger partial charge in [0, 0.05) is 13.1 Å². The molecular weight excluding hydrogens is 353 g/mol. The number of hydrogen-bond donors (Lipinski definition) is 1. The van der Waals surface area contributed by atoms with Crippen LogP contribution in [0.3, 0.4) is 0 Å². The molecule has 0 saturated carbocycles. The average molecular weight is 366 g/mol. The minimum atomic E-state index is -3.79. The Morgan fingerprint density at radius 3 is 2.75 bits per heavy atom. The highest BCUT2D eigenvalue weighted by Crippen LogP contribution is 2.26. The summed E-state index contributed by atoms with van der Waals surface area (Å²) in [6.07, 6.45) is 0.965. The second-order valence-corrected chi connectivity index (χ2v) is 7.41. The lowest BCUT2D eigenvalue weighted by atomic mass is 10.0. The first-order valence-electron chi connectivity index (χ1n) is 6.00. The number of halogens is 2. The van der Waals surface area contributed by atoms with E-state index in [4.69, 9.17) is 5.11 Å². The predicted octanol–water partition coefficient (Wildman–Crippen LogP) is 2.07. The van der Waals surface area contributed by atoms with Gasteiger partial charge in [0.1, 0.15) is 5.82 Å². The molecule has 0 aliphatic carbocycles. The third kappa shape index (κ3) is 3.02. The van der Waals surface area contributed by atoms with Gasteiger partial charge in [-0.3, -0.25) is 4.79 Å². The van der Waals surface area contributed by atoms with Crippen LogP contribution in [0.1, 0.15) is 12.8 Å². The number of hydrogen-bond acceptors (Lipinski definition) is 3. The van der Waals surface area contributed by atoms with Gasteiger partial charge in [-0.15, -0.1) is 0 Å². The zero-order valence-corrected chi connectivity index (χ0v) is 12.8. The summed E-state index contributed by atoms with van der Waals surface area (Å²) < 4.78 is 39.2. The molecule has 0 radical (unpaired) electrons. The number of rotatable bonds is 3. The van der Waals surface area contributed by atoms with Crippen LogP contribution in [0.25, 0.3) is 0 Å². The zero-order chi connectivity index (χ0) is 14.9. The van der Waals surface area contributed by atoms with Gasteiger partial charge >= 0.3 is 5.97 Å². The number of sulfonamides is 1. The molecule has 5 nitrogen and oxygen atoms in total. The number of nitrogens with zero attached hydrogens (tertiary/aromatic N) is 1. The summed E-state index contributed by atoms with van der Waals surface area (Å²) in [6.45, 7) is 0.230. The Bertz CT molecular complexity index is 634. The molecule has 1 N–H and O–H groups in total. The van der Waals surface area contributed by atoms with E-state index in [2.05, 4.69) is 15.9 Å². The van der Waals surface area contributed by atoms with Crippen molar-refractivity contribution in [2.24, 2.45) is 5.92 Å². The second kappa shape index (κ2) is 5.79.